The number of fused-ring (bicyclic) bond motifs is 1. The highest BCUT2D eigenvalue weighted by molar-refractivity contribution is 5.25. The SMILES string of the molecule is COCc1nc2n(n1)CCCC2Nc1nc(C2CC2)no1. The van der Waals surface area contributed by atoms with Crippen LogP contribution in [0.1, 0.15) is 55.1 Å². The van der Waals surface area contributed by atoms with Gasteiger partial charge in [-0.3, -0.25) is 0 Å². The van der Waals surface area contributed by atoms with Crippen LogP contribution < -0.4 is 5.32 Å². The van der Waals surface area contributed by atoms with Crippen LogP contribution in [0.2, 0.25) is 0 Å². The van der Waals surface area contributed by atoms with Crippen LogP contribution in [0.4, 0.5) is 6.01 Å². The predicted molar refractivity (Wildman–Crippen MR) is 72.6 cm³/mol. The lowest BCUT2D eigenvalue weighted by Gasteiger charge is -2.21. The summed E-state index contributed by atoms with van der Waals surface area (Å²) in [6.45, 7) is 1.32. The molecule has 4 rings (SSSR count). The van der Waals surface area contributed by atoms with Gasteiger partial charge in [0, 0.05) is 19.6 Å². The Kier molecular flexibility index (Phi) is 3.10. The molecular formula is C13H18N6O2. The highest BCUT2D eigenvalue weighted by Gasteiger charge is 2.30. The summed E-state index contributed by atoms with van der Waals surface area (Å²) in [7, 11) is 1.65. The number of nitrogens with one attached hydrogen (secondary N) is 1. The normalized spacial score (nSPS) is 21.3. The van der Waals surface area contributed by atoms with E-state index in [-0.39, 0.29) is 6.04 Å². The van der Waals surface area contributed by atoms with Gasteiger partial charge in [0.2, 0.25) is 0 Å². The number of aromatic nitrogens is 5. The van der Waals surface area contributed by atoms with Crippen molar-refractivity contribution in [1.82, 2.24) is 24.9 Å². The number of nitrogens with zero attached hydrogens (tertiary/aromatic N) is 5. The number of hydrogen-bond acceptors (Lipinski definition) is 7. The maximum Gasteiger partial charge on any atom is 0.322 e. The molecule has 2 aromatic heterocycles. The first-order valence-corrected chi connectivity index (χ1v) is 7.36. The standard InChI is InChI=1S/C13H18N6O2/c1-20-7-10-15-12-9(3-2-6-19(12)17-10)14-13-16-11(18-21-13)8-4-5-8/h8-9H,2-7H2,1H3,(H,14,16,18). The molecule has 8 heteroatoms. The molecule has 0 spiro atoms. The fraction of sp³-hybridized carbons (Fsp3) is 0.692. The van der Waals surface area contributed by atoms with E-state index >= 15 is 0 Å². The van der Waals surface area contributed by atoms with Crippen molar-refractivity contribution in [2.24, 2.45) is 0 Å². The minimum absolute atomic E-state index is 0.0596. The van der Waals surface area contributed by atoms with Crippen molar-refractivity contribution in [3.05, 3.63) is 17.5 Å². The molecule has 0 saturated heterocycles. The Balaban J connectivity index is 1.52. The molecule has 8 nitrogen and oxygen atoms in total. The number of aryl methyl sites for hydroxylation is 1. The van der Waals surface area contributed by atoms with E-state index in [0.717, 1.165) is 43.9 Å². The summed E-state index contributed by atoms with van der Waals surface area (Å²) in [6, 6.07) is 0.538. The number of hydrogen-bond donors (Lipinski definition) is 1. The third-order valence-electron chi connectivity index (χ3n) is 3.87. The Bertz CT molecular complexity index is 632. The molecule has 3 heterocycles. The summed E-state index contributed by atoms with van der Waals surface area (Å²) in [6.07, 6.45) is 4.35. The van der Waals surface area contributed by atoms with Crippen molar-refractivity contribution in [2.45, 2.75) is 50.8 Å². The first-order chi connectivity index (χ1) is 10.3. The minimum atomic E-state index is 0.0596. The van der Waals surface area contributed by atoms with E-state index < -0.39 is 0 Å². The molecule has 1 aliphatic heterocycles. The fourth-order valence-electron chi connectivity index (χ4n) is 2.68. The molecule has 1 atom stereocenters. The maximum absolute atomic E-state index is 5.28. The molecule has 112 valence electrons. The van der Waals surface area contributed by atoms with E-state index in [2.05, 4.69) is 25.5 Å². The highest BCUT2D eigenvalue weighted by atomic mass is 16.5. The van der Waals surface area contributed by atoms with Crippen molar-refractivity contribution >= 4 is 6.01 Å². The second-order valence-electron chi connectivity index (χ2n) is 5.61. The first kappa shape index (κ1) is 12.8. The summed E-state index contributed by atoms with van der Waals surface area (Å²) >= 11 is 0. The Morgan fingerprint density at radius 1 is 1.33 bits per heavy atom. The Morgan fingerprint density at radius 2 is 2.24 bits per heavy atom. The number of ether oxygens (including phenoxy) is 1. The topological polar surface area (TPSA) is 90.9 Å². The van der Waals surface area contributed by atoms with Crippen LogP contribution in [0.25, 0.3) is 0 Å². The smallest absolute Gasteiger partial charge is 0.322 e. The fourth-order valence-corrected chi connectivity index (χ4v) is 2.68. The quantitative estimate of drug-likeness (QED) is 0.894. The van der Waals surface area contributed by atoms with Crippen molar-refractivity contribution < 1.29 is 9.26 Å². The van der Waals surface area contributed by atoms with E-state index in [9.17, 15) is 0 Å². The lowest BCUT2D eigenvalue weighted by atomic mass is 10.1. The van der Waals surface area contributed by atoms with Gasteiger partial charge >= 0.3 is 6.01 Å². The van der Waals surface area contributed by atoms with Crippen molar-refractivity contribution in [3.8, 4) is 0 Å². The lowest BCUT2D eigenvalue weighted by molar-refractivity contribution is 0.177. The third-order valence-corrected chi connectivity index (χ3v) is 3.87. The van der Waals surface area contributed by atoms with Crippen LogP contribution in [0, 0.1) is 0 Å². The number of methoxy groups -OCH3 is 1. The van der Waals surface area contributed by atoms with Gasteiger partial charge in [0.1, 0.15) is 12.4 Å². The van der Waals surface area contributed by atoms with Crippen LogP contribution >= 0.6 is 0 Å². The highest BCUT2D eigenvalue weighted by Crippen LogP contribution is 2.38. The summed E-state index contributed by atoms with van der Waals surface area (Å²) in [4.78, 5) is 8.96. The van der Waals surface area contributed by atoms with Crippen molar-refractivity contribution in [3.63, 3.8) is 0 Å². The molecule has 2 aromatic rings. The summed E-state index contributed by atoms with van der Waals surface area (Å²) in [5.74, 6) is 2.94. The molecule has 0 amide bonds. The molecule has 1 aliphatic carbocycles. The lowest BCUT2D eigenvalue weighted by Crippen LogP contribution is -2.22. The van der Waals surface area contributed by atoms with E-state index in [1.807, 2.05) is 4.68 Å². The Labute approximate surface area is 121 Å². The van der Waals surface area contributed by atoms with Crippen LogP contribution in [0.3, 0.4) is 0 Å². The van der Waals surface area contributed by atoms with Gasteiger partial charge in [-0.15, -0.1) is 0 Å². The van der Waals surface area contributed by atoms with Crippen molar-refractivity contribution in [1.29, 1.82) is 0 Å². The second-order valence-corrected chi connectivity index (χ2v) is 5.61. The Hall–Kier alpha value is -1.96. The van der Waals surface area contributed by atoms with Gasteiger partial charge in [0.05, 0.1) is 6.04 Å². The van der Waals surface area contributed by atoms with Gasteiger partial charge in [-0.25, -0.2) is 9.67 Å². The Morgan fingerprint density at radius 3 is 3.05 bits per heavy atom. The average Bonchev–Trinajstić information content (AvgIpc) is 3.08. The number of rotatable bonds is 5. The minimum Gasteiger partial charge on any atom is -0.377 e. The molecule has 21 heavy (non-hydrogen) atoms. The van der Waals surface area contributed by atoms with E-state index in [4.69, 9.17) is 9.26 Å². The molecule has 2 aliphatic rings. The summed E-state index contributed by atoms with van der Waals surface area (Å²) in [5, 5.41) is 11.8. The third kappa shape index (κ3) is 2.51. The van der Waals surface area contributed by atoms with Gasteiger partial charge < -0.3 is 14.6 Å². The second kappa shape index (κ2) is 5.10. The van der Waals surface area contributed by atoms with Crippen molar-refractivity contribution in [2.75, 3.05) is 12.4 Å². The molecule has 0 radical (unpaired) electrons. The largest absolute Gasteiger partial charge is 0.377 e. The zero-order valence-electron chi connectivity index (χ0n) is 11.9. The molecule has 1 N–H and O–H groups in total. The average molecular weight is 290 g/mol. The van der Waals surface area contributed by atoms with Gasteiger partial charge in [-0.2, -0.15) is 10.1 Å². The molecular weight excluding hydrogens is 272 g/mol. The molecule has 1 unspecified atom stereocenters. The zero-order valence-corrected chi connectivity index (χ0v) is 11.9. The maximum atomic E-state index is 5.28. The van der Waals surface area contributed by atoms with Gasteiger partial charge in [-0.1, -0.05) is 5.16 Å². The molecule has 0 bridgehead atoms. The summed E-state index contributed by atoms with van der Waals surface area (Å²) < 4.78 is 12.3. The van der Waals surface area contributed by atoms with E-state index in [0.29, 0.717) is 24.4 Å². The molecule has 0 aromatic carbocycles. The van der Waals surface area contributed by atoms with Crippen LogP contribution in [-0.2, 0) is 17.9 Å². The zero-order chi connectivity index (χ0) is 14.2. The first-order valence-electron chi connectivity index (χ1n) is 7.36. The van der Waals surface area contributed by atoms with Crippen LogP contribution in [0.15, 0.2) is 4.52 Å². The molecule has 1 saturated carbocycles. The molecule has 1 fully saturated rings. The summed E-state index contributed by atoms with van der Waals surface area (Å²) in [5.41, 5.74) is 0. The van der Waals surface area contributed by atoms with Gasteiger partial charge in [0.15, 0.2) is 11.6 Å². The van der Waals surface area contributed by atoms with E-state index in [1.165, 1.54) is 0 Å². The van der Waals surface area contributed by atoms with Gasteiger partial charge in [0.25, 0.3) is 0 Å². The van der Waals surface area contributed by atoms with Crippen LogP contribution in [0.5, 0.6) is 0 Å². The van der Waals surface area contributed by atoms with Crippen LogP contribution in [-0.4, -0.2) is 32.0 Å². The van der Waals surface area contributed by atoms with E-state index in [1.54, 1.807) is 7.11 Å². The predicted octanol–water partition coefficient (Wildman–Crippen LogP) is 1.63. The number of anilines is 1. The monoisotopic (exact) mass is 290 g/mol. The van der Waals surface area contributed by atoms with Gasteiger partial charge in [-0.05, 0) is 25.7 Å².